The standard InChI is InChI=1S/C15H21NO5/c1-4-5-12(15(18)19)16-14(17)9-21-11-6-7-13(20-3)10(2)8-11/h6-8,12H,4-5,9H2,1-3H3,(H,16,17)(H,18,19). The van der Waals surface area contributed by atoms with Gasteiger partial charge in [0.25, 0.3) is 5.91 Å². The van der Waals surface area contributed by atoms with Gasteiger partial charge >= 0.3 is 5.97 Å². The topological polar surface area (TPSA) is 84.9 Å². The Balaban J connectivity index is 2.52. The number of carbonyl (C=O) groups is 2. The number of carboxylic acids is 1. The molecule has 6 heteroatoms. The fraction of sp³-hybridized carbons (Fsp3) is 0.467. The Morgan fingerprint density at radius 1 is 1.38 bits per heavy atom. The van der Waals surface area contributed by atoms with E-state index in [4.69, 9.17) is 14.6 Å². The lowest BCUT2D eigenvalue weighted by Gasteiger charge is -2.14. The van der Waals surface area contributed by atoms with Crippen molar-refractivity contribution < 1.29 is 24.2 Å². The second kappa shape index (κ2) is 8.14. The first-order valence-corrected chi connectivity index (χ1v) is 6.77. The van der Waals surface area contributed by atoms with Crippen LogP contribution in [0.25, 0.3) is 0 Å². The van der Waals surface area contributed by atoms with Crippen LogP contribution in [0, 0.1) is 6.92 Å². The van der Waals surface area contributed by atoms with Crippen molar-refractivity contribution >= 4 is 11.9 Å². The van der Waals surface area contributed by atoms with E-state index in [0.717, 1.165) is 11.3 Å². The Bertz CT molecular complexity index is 501. The fourth-order valence-corrected chi connectivity index (χ4v) is 1.87. The molecule has 0 bridgehead atoms. The second-order valence-electron chi connectivity index (χ2n) is 4.67. The van der Waals surface area contributed by atoms with Gasteiger partial charge in [-0.05, 0) is 37.1 Å². The third-order valence-electron chi connectivity index (χ3n) is 2.95. The number of carbonyl (C=O) groups excluding carboxylic acids is 1. The molecule has 1 atom stereocenters. The number of rotatable bonds is 8. The van der Waals surface area contributed by atoms with Gasteiger partial charge in [0.2, 0.25) is 0 Å². The Hall–Kier alpha value is -2.24. The van der Waals surface area contributed by atoms with Gasteiger partial charge in [-0.15, -0.1) is 0 Å². The highest BCUT2D eigenvalue weighted by atomic mass is 16.5. The first kappa shape index (κ1) is 16.8. The first-order chi connectivity index (χ1) is 9.97. The molecular formula is C15H21NO5. The van der Waals surface area contributed by atoms with Crippen molar-refractivity contribution in [2.75, 3.05) is 13.7 Å². The number of amides is 1. The maximum absolute atomic E-state index is 11.7. The van der Waals surface area contributed by atoms with Crippen molar-refractivity contribution in [3.63, 3.8) is 0 Å². The molecule has 0 aliphatic carbocycles. The van der Waals surface area contributed by atoms with E-state index in [1.54, 1.807) is 25.3 Å². The van der Waals surface area contributed by atoms with Crippen molar-refractivity contribution in [1.82, 2.24) is 5.32 Å². The lowest BCUT2D eigenvalue weighted by atomic mass is 10.2. The molecule has 21 heavy (non-hydrogen) atoms. The van der Waals surface area contributed by atoms with Gasteiger partial charge < -0.3 is 19.9 Å². The lowest BCUT2D eigenvalue weighted by molar-refractivity contribution is -0.142. The molecule has 2 N–H and O–H groups in total. The van der Waals surface area contributed by atoms with Gasteiger partial charge in [-0.2, -0.15) is 0 Å². The van der Waals surface area contributed by atoms with E-state index in [0.29, 0.717) is 18.6 Å². The van der Waals surface area contributed by atoms with Crippen molar-refractivity contribution in [2.24, 2.45) is 0 Å². The number of aryl methyl sites for hydroxylation is 1. The van der Waals surface area contributed by atoms with Gasteiger partial charge in [-0.25, -0.2) is 4.79 Å². The molecule has 6 nitrogen and oxygen atoms in total. The van der Waals surface area contributed by atoms with Crippen LogP contribution >= 0.6 is 0 Å². The molecule has 0 aromatic heterocycles. The van der Waals surface area contributed by atoms with Crippen LogP contribution < -0.4 is 14.8 Å². The molecule has 0 fully saturated rings. The van der Waals surface area contributed by atoms with E-state index in [1.165, 1.54) is 0 Å². The van der Waals surface area contributed by atoms with E-state index >= 15 is 0 Å². The molecule has 0 spiro atoms. The molecule has 0 radical (unpaired) electrons. The summed E-state index contributed by atoms with van der Waals surface area (Å²) in [5.41, 5.74) is 0.893. The third kappa shape index (κ3) is 5.33. The molecule has 1 rings (SSSR count). The van der Waals surface area contributed by atoms with Gasteiger partial charge in [-0.3, -0.25) is 4.79 Å². The highest BCUT2D eigenvalue weighted by molar-refractivity contribution is 5.84. The Morgan fingerprint density at radius 2 is 2.10 bits per heavy atom. The van der Waals surface area contributed by atoms with Crippen LogP contribution in [-0.2, 0) is 9.59 Å². The van der Waals surface area contributed by atoms with Crippen LogP contribution in [0.3, 0.4) is 0 Å². The number of hydrogen-bond donors (Lipinski definition) is 2. The summed E-state index contributed by atoms with van der Waals surface area (Å²) < 4.78 is 10.5. The van der Waals surface area contributed by atoms with E-state index in [2.05, 4.69) is 5.32 Å². The number of nitrogens with one attached hydrogen (secondary N) is 1. The minimum atomic E-state index is -1.04. The van der Waals surface area contributed by atoms with E-state index in [9.17, 15) is 9.59 Å². The van der Waals surface area contributed by atoms with Crippen LogP contribution in [0.4, 0.5) is 0 Å². The molecule has 116 valence electrons. The van der Waals surface area contributed by atoms with Crippen LogP contribution in [0.15, 0.2) is 18.2 Å². The van der Waals surface area contributed by atoms with Gasteiger partial charge in [0, 0.05) is 0 Å². The maximum Gasteiger partial charge on any atom is 0.326 e. The first-order valence-electron chi connectivity index (χ1n) is 6.77. The van der Waals surface area contributed by atoms with E-state index < -0.39 is 17.9 Å². The molecule has 1 aromatic rings. The van der Waals surface area contributed by atoms with Crippen LogP contribution in [0.1, 0.15) is 25.3 Å². The average Bonchev–Trinajstić information content (AvgIpc) is 2.44. The molecule has 1 amide bonds. The van der Waals surface area contributed by atoms with Crippen molar-refractivity contribution in [2.45, 2.75) is 32.7 Å². The summed E-state index contributed by atoms with van der Waals surface area (Å²) in [4.78, 5) is 22.6. The zero-order chi connectivity index (χ0) is 15.8. The largest absolute Gasteiger partial charge is 0.496 e. The van der Waals surface area contributed by atoms with Gasteiger partial charge in [0.05, 0.1) is 7.11 Å². The zero-order valence-electron chi connectivity index (χ0n) is 12.5. The summed E-state index contributed by atoms with van der Waals surface area (Å²) in [5.74, 6) is -0.221. The molecule has 0 aliphatic rings. The summed E-state index contributed by atoms with van der Waals surface area (Å²) in [6, 6.07) is 4.33. The number of benzene rings is 1. The second-order valence-corrected chi connectivity index (χ2v) is 4.67. The van der Waals surface area contributed by atoms with Crippen molar-refractivity contribution in [1.29, 1.82) is 0 Å². The normalized spacial score (nSPS) is 11.6. The minimum Gasteiger partial charge on any atom is -0.496 e. The lowest BCUT2D eigenvalue weighted by Crippen LogP contribution is -2.42. The van der Waals surface area contributed by atoms with Gasteiger partial charge in [0.15, 0.2) is 6.61 Å². The Labute approximate surface area is 124 Å². The predicted molar refractivity (Wildman–Crippen MR) is 77.7 cm³/mol. The SMILES string of the molecule is CCCC(NC(=O)COc1ccc(OC)c(C)c1)C(=O)O. The minimum absolute atomic E-state index is 0.223. The Morgan fingerprint density at radius 3 is 2.62 bits per heavy atom. The van der Waals surface area contributed by atoms with E-state index in [-0.39, 0.29) is 6.61 Å². The van der Waals surface area contributed by atoms with Crippen LogP contribution in [0.5, 0.6) is 11.5 Å². The highest BCUT2D eigenvalue weighted by Gasteiger charge is 2.18. The molecule has 0 saturated carbocycles. The summed E-state index contributed by atoms with van der Waals surface area (Å²) in [6.45, 7) is 3.51. The molecule has 0 aliphatic heterocycles. The smallest absolute Gasteiger partial charge is 0.326 e. The molecule has 1 unspecified atom stereocenters. The zero-order valence-corrected chi connectivity index (χ0v) is 12.5. The number of hydrogen-bond acceptors (Lipinski definition) is 4. The molecule has 0 heterocycles. The highest BCUT2D eigenvalue weighted by Crippen LogP contribution is 2.22. The van der Waals surface area contributed by atoms with E-state index in [1.807, 2.05) is 13.8 Å². The third-order valence-corrected chi connectivity index (χ3v) is 2.95. The number of ether oxygens (including phenoxy) is 2. The van der Waals surface area contributed by atoms with Gasteiger partial charge in [-0.1, -0.05) is 13.3 Å². The average molecular weight is 295 g/mol. The van der Waals surface area contributed by atoms with Crippen molar-refractivity contribution in [3.8, 4) is 11.5 Å². The molecular weight excluding hydrogens is 274 g/mol. The van der Waals surface area contributed by atoms with Gasteiger partial charge in [0.1, 0.15) is 17.5 Å². The maximum atomic E-state index is 11.7. The molecule has 1 aromatic carbocycles. The summed E-state index contributed by atoms with van der Waals surface area (Å²) in [7, 11) is 1.58. The fourth-order valence-electron chi connectivity index (χ4n) is 1.87. The summed E-state index contributed by atoms with van der Waals surface area (Å²) in [6.07, 6.45) is 1.07. The Kier molecular flexibility index (Phi) is 6.52. The van der Waals surface area contributed by atoms with Crippen LogP contribution in [0.2, 0.25) is 0 Å². The number of carboxylic acid groups (broad SMARTS) is 1. The van der Waals surface area contributed by atoms with Crippen molar-refractivity contribution in [3.05, 3.63) is 23.8 Å². The quantitative estimate of drug-likeness (QED) is 0.763. The predicted octanol–water partition coefficient (Wildman–Crippen LogP) is 1.75. The van der Waals surface area contributed by atoms with Crippen LogP contribution in [-0.4, -0.2) is 36.7 Å². The number of methoxy groups -OCH3 is 1. The summed E-state index contributed by atoms with van der Waals surface area (Å²) >= 11 is 0. The summed E-state index contributed by atoms with van der Waals surface area (Å²) in [5, 5.41) is 11.4. The monoisotopic (exact) mass is 295 g/mol. The molecule has 0 saturated heterocycles. The number of aliphatic carboxylic acids is 1.